The standard InChI is InChI=1S/C27H24N6OS/c28-21-3-1-2-4-22(21)32-26(34)19-8-10-20(11-9-19)31-27-30-15-24(35-27)23-14-29-25-12-7-18(16-33(23)25)13-17-5-6-17/h1-4,7-12,14-17H,5-6,13,28H2,(H,30,31)(H,32,34). The van der Waals surface area contributed by atoms with Crippen LogP contribution in [0.1, 0.15) is 28.8 Å². The van der Waals surface area contributed by atoms with Crippen LogP contribution in [0.4, 0.5) is 22.2 Å². The molecule has 7 nitrogen and oxygen atoms in total. The first-order valence-electron chi connectivity index (χ1n) is 11.6. The Morgan fingerprint density at radius 2 is 1.86 bits per heavy atom. The molecule has 35 heavy (non-hydrogen) atoms. The summed E-state index contributed by atoms with van der Waals surface area (Å²) in [4.78, 5) is 22.7. The zero-order chi connectivity index (χ0) is 23.8. The highest BCUT2D eigenvalue weighted by atomic mass is 32.1. The third kappa shape index (κ3) is 4.61. The summed E-state index contributed by atoms with van der Waals surface area (Å²) in [6.07, 6.45) is 9.79. The van der Waals surface area contributed by atoms with Crippen molar-refractivity contribution in [2.45, 2.75) is 19.3 Å². The van der Waals surface area contributed by atoms with Gasteiger partial charge in [0.05, 0.1) is 28.1 Å². The van der Waals surface area contributed by atoms with Crippen LogP contribution in [-0.4, -0.2) is 20.3 Å². The summed E-state index contributed by atoms with van der Waals surface area (Å²) in [6, 6.07) is 18.7. The Balaban J connectivity index is 1.16. The monoisotopic (exact) mass is 480 g/mol. The molecular formula is C27H24N6OS. The highest BCUT2D eigenvalue weighted by Gasteiger charge is 2.22. The number of benzene rings is 2. The van der Waals surface area contributed by atoms with Crippen molar-refractivity contribution >= 4 is 45.1 Å². The van der Waals surface area contributed by atoms with E-state index in [9.17, 15) is 4.79 Å². The van der Waals surface area contributed by atoms with Gasteiger partial charge in [0, 0.05) is 23.6 Å². The molecule has 1 aliphatic rings. The Hall–Kier alpha value is -4.17. The number of pyridine rings is 1. The summed E-state index contributed by atoms with van der Waals surface area (Å²) < 4.78 is 2.15. The van der Waals surface area contributed by atoms with E-state index in [0.717, 1.165) is 39.4 Å². The van der Waals surface area contributed by atoms with E-state index < -0.39 is 0 Å². The van der Waals surface area contributed by atoms with Gasteiger partial charge in [-0.25, -0.2) is 9.97 Å². The maximum Gasteiger partial charge on any atom is 0.255 e. The van der Waals surface area contributed by atoms with Crippen LogP contribution in [0.2, 0.25) is 0 Å². The van der Waals surface area contributed by atoms with Crippen LogP contribution >= 0.6 is 11.3 Å². The van der Waals surface area contributed by atoms with Crippen LogP contribution in [0, 0.1) is 5.92 Å². The van der Waals surface area contributed by atoms with E-state index >= 15 is 0 Å². The first-order chi connectivity index (χ1) is 17.1. The third-order valence-electron chi connectivity index (χ3n) is 6.15. The number of fused-ring (bicyclic) bond motifs is 1. The molecule has 0 aliphatic heterocycles. The Morgan fingerprint density at radius 3 is 2.66 bits per heavy atom. The number of para-hydroxylation sites is 2. The number of imidazole rings is 1. The van der Waals surface area contributed by atoms with E-state index in [-0.39, 0.29) is 5.91 Å². The minimum atomic E-state index is -0.209. The molecule has 174 valence electrons. The Kier molecular flexibility index (Phi) is 5.42. The van der Waals surface area contributed by atoms with Crippen molar-refractivity contribution in [1.29, 1.82) is 0 Å². The van der Waals surface area contributed by atoms with Crippen LogP contribution < -0.4 is 16.4 Å². The molecule has 8 heteroatoms. The maximum atomic E-state index is 12.6. The number of amides is 1. The van der Waals surface area contributed by atoms with Gasteiger partial charge in [0.1, 0.15) is 5.65 Å². The van der Waals surface area contributed by atoms with Crippen molar-refractivity contribution in [3.05, 3.63) is 90.4 Å². The summed E-state index contributed by atoms with van der Waals surface area (Å²) in [5, 5.41) is 6.95. The van der Waals surface area contributed by atoms with Gasteiger partial charge >= 0.3 is 0 Å². The van der Waals surface area contributed by atoms with Crippen molar-refractivity contribution in [3.63, 3.8) is 0 Å². The molecule has 0 radical (unpaired) electrons. The molecule has 0 saturated heterocycles. The van der Waals surface area contributed by atoms with Crippen LogP contribution in [0.3, 0.4) is 0 Å². The van der Waals surface area contributed by atoms with Crippen molar-refractivity contribution in [2.75, 3.05) is 16.4 Å². The average molecular weight is 481 g/mol. The molecule has 0 atom stereocenters. The number of nitrogen functional groups attached to an aromatic ring is 1. The molecule has 3 heterocycles. The second-order valence-electron chi connectivity index (χ2n) is 8.83. The Labute approximate surface area is 206 Å². The Morgan fingerprint density at radius 1 is 1.03 bits per heavy atom. The van der Waals surface area contributed by atoms with Gasteiger partial charge in [0.15, 0.2) is 5.13 Å². The molecule has 0 bridgehead atoms. The molecule has 1 amide bonds. The highest BCUT2D eigenvalue weighted by Crippen LogP contribution is 2.34. The number of nitrogens with one attached hydrogen (secondary N) is 2. The summed E-state index contributed by atoms with van der Waals surface area (Å²) >= 11 is 1.57. The van der Waals surface area contributed by atoms with Gasteiger partial charge in [0.2, 0.25) is 0 Å². The number of anilines is 4. The number of nitrogens with two attached hydrogens (primary N) is 1. The highest BCUT2D eigenvalue weighted by molar-refractivity contribution is 7.18. The second-order valence-corrected chi connectivity index (χ2v) is 9.86. The first kappa shape index (κ1) is 21.4. The van der Waals surface area contributed by atoms with Crippen molar-refractivity contribution in [1.82, 2.24) is 14.4 Å². The van der Waals surface area contributed by atoms with Crippen LogP contribution in [0.5, 0.6) is 0 Å². The number of nitrogens with zero attached hydrogens (tertiary/aromatic N) is 3. The normalized spacial score (nSPS) is 13.1. The van der Waals surface area contributed by atoms with E-state index in [4.69, 9.17) is 5.73 Å². The smallest absolute Gasteiger partial charge is 0.255 e. The number of hydrogen-bond donors (Lipinski definition) is 3. The largest absolute Gasteiger partial charge is 0.397 e. The molecule has 6 rings (SSSR count). The minimum Gasteiger partial charge on any atom is -0.397 e. The van der Waals surface area contributed by atoms with Crippen molar-refractivity contribution in [2.24, 2.45) is 5.92 Å². The van der Waals surface area contributed by atoms with Crippen LogP contribution in [0.15, 0.2) is 79.3 Å². The van der Waals surface area contributed by atoms with E-state index in [1.165, 1.54) is 18.4 Å². The molecule has 1 aliphatic carbocycles. The topological polar surface area (TPSA) is 97.3 Å². The summed E-state index contributed by atoms with van der Waals surface area (Å²) in [6.45, 7) is 0. The van der Waals surface area contributed by atoms with E-state index in [0.29, 0.717) is 16.9 Å². The van der Waals surface area contributed by atoms with Gasteiger partial charge in [-0.15, -0.1) is 0 Å². The van der Waals surface area contributed by atoms with Gasteiger partial charge in [-0.2, -0.15) is 0 Å². The second kappa shape index (κ2) is 8.88. The van der Waals surface area contributed by atoms with E-state index in [1.807, 2.05) is 36.7 Å². The number of carbonyl (C=O) groups excluding carboxylic acids is 1. The Bertz CT molecular complexity index is 1520. The average Bonchev–Trinajstić information content (AvgIpc) is 3.40. The number of hydrogen-bond acceptors (Lipinski definition) is 6. The summed E-state index contributed by atoms with van der Waals surface area (Å²) in [5.41, 5.74) is 11.8. The fourth-order valence-corrected chi connectivity index (χ4v) is 4.91. The molecule has 0 unspecified atom stereocenters. The lowest BCUT2D eigenvalue weighted by molar-refractivity contribution is 0.102. The quantitative estimate of drug-likeness (QED) is 0.249. The van der Waals surface area contributed by atoms with Gasteiger partial charge in [-0.1, -0.05) is 29.5 Å². The lowest BCUT2D eigenvalue weighted by Crippen LogP contribution is -2.13. The van der Waals surface area contributed by atoms with Crippen LogP contribution in [-0.2, 0) is 6.42 Å². The van der Waals surface area contributed by atoms with E-state index in [1.54, 1.807) is 35.6 Å². The molecule has 1 saturated carbocycles. The molecule has 4 N–H and O–H groups in total. The fraction of sp³-hybridized carbons (Fsp3) is 0.148. The molecule has 1 fully saturated rings. The predicted molar refractivity (Wildman–Crippen MR) is 141 cm³/mol. The number of carbonyl (C=O) groups is 1. The fourth-order valence-electron chi connectivity index (χ4n) is 4.07. The predicted octanol–water partition coefficient (Wildman–Crippen LogP) is 5.99. The van der Waals surface area contributed by atoms with Crippen molar-refractivity contribution < 1.29 is 4.79 Å². The lowest BCUT2D eigenvalue weighted by atomic mass is 10.1. The number of rotatable bonds is 7. The molecular weight excluding hydrogens is 456 g/mol. The molecule has 3 aromatic heterocycles. The van der Waals surface area contributed by atoms with Gasteiger partial charge in [-0.3, -0.25) is 9.20 Å². The van der Waals surface area contributed by atoms with Crippen LogP contribution in [0.25, 0.3) is 16.2 Å². The molecule has 5 aromatic rings. The molecule has 2 aromatic carbocycles. The lowest BCUT2D eigenvalue weighted by Gasteiger charge is -2.08. The summed E-state index contributed by atoms with van der Waals surface area (Å²) in [5.74, 6) is 0.632. The van der Waals surface area contributed by atoms with Gasteiger partial charge in [-0.05, 0) is 73.2 Å². The SMILES string of the molecule is Nc1ccccc1NC(=O)c1ccc(Nc2ncc(-c3cnc4ccc(CC5CC5)cn34)s2)cc1. The summed E-state index contributed by atoms with van der Waals surface area (Å²) in [7, 11) is 0. The molecule has 0 spiro atoms. The first-order valence-corrected chi connectivity index (χ1v) is 12.4. The van der Waals surface area contributed by atoms with E-state index in [2.05, 4.69) is 43.3 Å². The van der Waals surface area contributed by atoms with Gasteiger partial charge in [0.25, 0.3) is 5.91 Å². The maximum absolute atomic E-state index is 12.6. The minimum absolute atomic E-state index is 0.209. The van der Waals surface area contributed by atoms with Gasteiger partial charge < -0.3 is 16.4 Å². The number of aromatic nitrogens is 3. The third-order valence-corrected chi connectivity index (χ3v) is 7.09. The number of thiazole rings is 1. The zero-order valence-corrected chi connectivity index (χ0v) is 19.8. The van der Waals surface area contributed by atoms with Crippen molar-refractivity contribution in [3.8, 4) is 10.6 Å². The zero-order valence-electron chi connectivity index (χ0n) is 18.9.